The molecule has 2 fully saturated rings. The van der Waals surface area contributed by atoms with Gasteiger partial charge in [0.25, 0.3) is 15.9 Å². The van der Waals surface area contributed by atoms with Crippen LogP contribution in [0.2, 0.25) is 0 Å². The first-order chi connectivity index (χ1) is 13.5. The highest BCUT2D eigenvalue weighted by molar-refractivity contribution is 7.90. The topological polar surface area (TPSA) is 74.8 Å². The number of carbonyl (C=O) groups excluding carboxylic acids is 2. The minimum atomic E-state index is -3.95. The van der Waals surface area contributed by atoms with Crippen LogP contribution in [0, 0.1) is 0 Å². The van der Waals surface area contributed by atoms with Crippen LogP contribution in [0.5, 0.6) is 0 Å². The van der Waals surface area contributed by atoms with Crippen LogP contribution in [-0.2, 0) is 14.8 Å². The Labute approximate surface area is 166 Å². The summed E-state index contributed by atoms with van der Waals surface area (Å²) in [6, 6.07) is 6.55. The molecule has 2 amide bonds. The SMILES string of the molecule is O=C(CN1C(=O)c2ccccc2S1(=O)=O)N(C1CCCCC1)C1CCCCC1. The Morgan fingerprint density at radius 1 is 0.929 bits per heavy atom. The van der Waals surface area contributed by atoms with E-state index in [0.29, 0.717) is 0 Å². The maximum Gasteiger partial charge on any atom is 0.269 e. The molecule has 1 aromatic rings. The molecule has 0 N–H and O–H groups in total. The number of fused-ring (bicyclic) bond motifs is 1. The summed E-state index contributed by atoms with van der Waals surface area (Å²) in [6.07, 6.45) is 10.7. The van der Waals surface area contributed by atoms with Crippen LogP contribution in [0.15, 0.2) is 29.2 Å². The Bertz CT molecular complexity index is 837. The van der Waals surface area contributed by atoms with Gasteiger partial charge in [-0.15, -0.1) is 0 Å². The lowest BCUT2D eigenvalue weighted by Crippen LogP contribution is -2.52. The van der Waals surface area contributed by atoms with Gasteiger partial charge in [-0.1, -0.05) is 50.7 Å². The number of benzene rings is 1. The van der Waals surface area contributed by atoms with Crippen LogP contribution < -0.4 is 0 Å². The predicted octanol–water partition coefficient (Wildman–Crippen LogP) is 3.33. The van der Waals surface area contributed by atoms with Crippen molar-refractivity contribution < 1.29 is 18.0 Å². The molecule has 7 heteroatoms. The molecule has 1 aromatic carbocycles. The first-order valence-corrected chi connectivity index (χ1v) is 11.9. The molecule has 0 unspecified atom stereocenters. The summed E-state index contributed by atoms with van der Waals surface area (Å²) in [5.41, 5.74) is 0.164. The number of hydrogen-bond donors (Lipinski definition) is 0. The molecule has 6 nitrogen and oxygen atoms in total. The van der Waals surface area contributed by atoms with Crippen LogP contribution in [0.3, 0.4) is 0 Å². The van der Waals surface area contributed by atoms with E-state index in [-0.39, 0.29) is 35.0 Å². The molecule has 1 aliphatic heterocycles. The minimum Gasteiger partial charge on any atom is -0.335 e. The van der Waals surface area contributed by atoms with Crippen LogP contribution in [0.25, 0.3) is 0 Å². The van der Waals surface area contributed by atoms with Crippen molar-refractivity contribution in [3.63, 3.8) is 0 Å². The Kier molecular flexibility index (Phi) is 5.45. The second-order valence-corrected chi connectivity index (χ2v) is 10.0. The van der Waals surface area contributed by atoms with Gasteiger partial charge < -0.3 is 4.90 Å². The largest absolute Gasteiger partial charge is 0.335 e. The van der Waals surface area contributed by atoms with E-state index >= 15 is 0 Å². The fourth-order valence-corrected chi connectivity index (χ4v) is 6.53. The summed E-state index contributed by atoms with van der Waals surface area (Å²) >= 11 is 0. The van der Waals surface area contributed by atoms with Crippen molar-refractivity contribution in [1.29, 1.82) is 0 Å². The molecule has 0 atom stereocenters. The standard InChI is InChI=1S/C21H28N2O4S/c24-20(15-22-21(25)18-13-7-8-14-19(18)28(22,26)27)23(16-9-3-1-4-10-16)17-11-5-2-6-12-17/h7-8,13-14,16-17H,1-6,9-12,15H2. The lowest BCUT2D eigenvalue weighted by Gasteiger charge is -2.42. The highest BCUT2D eigenvalue weighted by atomic mass is 32.2. The second-order valence-electron chi connectivity index (χ2n) is 8.20. The van der Waals surface area contributed by atoms with Gasteiger partial charge in [0.2, 0.25) is 5.91 Å². The number of amides is 2. The minimum absolute atomic E-state index is 0.00897. The third-order valence-corrected chi connectivity index (χ3v) is 8.20. The molecule has 0 aromatic heterocycles. The molecule has 2 aliphatic carbocycles. The lowest BCUT2D eigenvalue weighted by molar-refractivity contribution is -0.137. The number of sulfonamides is 1. The third kappa shape index (κ3) is 3.45. The molecule has 4 rings (SSSR count). The summed E-state index contributed by atoms with van der Waals surface area (Å²) in [4.78, 5) is 28.0. The fraction of sp³-hybridized carbons (Fsp3) is 0.619. The quantitative estimate of drug-likeness (QED) is 0.771. The summed E-state index contributed by atoms with van der Waals surface area (Å²) in [5, 5.41) is 0. The van der Waals surface area contributed by atoms with Crippen molar-refractivity contribution in [2.75, 3.05) is 6.54 Å². The second kappa shape index (κ2) is 7.85. The fourth-order valence-electron chi connectivity index (χ4n) is 5.02. The Hall–Kier alpha value is -1.89. The van der Waals surface area contributed by atoms with Crippen LogP contribution >= 0.6 is 0 Å². The molecule has 152 valence electrons. The maximum absolute atomic E-state index is 13.3. The van der Waals surface area contributed by atoms with E-state index in [1.165, 1.54) is 25.0 Å². The normalized spacial score (nSPS) is 22.9. The van der Waals surface area contributed by atoms with Crippen LogP contribution in [-0.4, -0.2) is 48.1 Å². The summed E-state index contributed by atoms with van der Waals surface area (Å²) in [6.45, 7) is -0.386. The van der Waals surface area contributed by atoms with Crippen molar-refractivity contribution in [2.24, 2.45) is 0 Å². The van der Waals surface area contributed by atoms with E-state index in [0.717, 1.165) is 55.7 Å². The van der Waals surface area contributed by atoms with Gasteiger partial charge in [-0.25, -0.2) is 12.7 Å². The monoisotopic (exact) mass is 404 g/mol. The molecule has 0 spiro atoms. The van der Waals surface area contributed by atoms with E-state index in [9.17, 15) is 18.0 Å². The van der Waals surface area contributed by atoms with Gasteiger partial charge in [-0.2, -0.15) is 0 Å². The van der Waals surface area contributed by atoms with Crippen molar-refractivity contribution in [3.05, 3.63) is 29.8 Å². The first kappa shape index (κ1) is 19.4. The van der Waals surface area contributed by atoms with Gasteiger partial charge in [0, 0.05) is 12.1 Å². The van der Waals surface area contributed by atoms with Gasteiger partial charge in [-0.3, -0.25) is 9.59 Å². The number of hydrogen-bond acceptors (Lipinski definition) is 4. The maximum atomic E-state index is 13.3. The van der Waals surface area contributed by atoms with Crippen molar-refractivity contribution in [2.45, 2.75) is 81.2 Å². The molecule has 0 radical (unpaired) electrons. The molecule has 1 heterocycles. The van der Waals surface area contributed by atoms with Gasteiger partial charge in [0.15, 0.2) is 0 Å². The number of carbonyl (C=O) groups is 2. The molecular formula is C21H28N2O4S. The van der Waals surface area contributed by atoms with Gasteiger partial charge in [-0.05, 0) is 37.8 Å². The van der Waals surface area contributed by atoms with Gasteiger partial charge in [0.1, 0.15) is 11.4 Å². The molecular weight excluding hydrogens is 376 g/mol. The zero-order valence-electron chi connectivity index (χ0n) is 16.2. The molecule has 2 saturated carbocycles. The Morgan fingerprint density at radius 3 is 2.00 bits per heavy atom. The molecule has 28 heavy (non-hydrogen) atoms. The van der Waals surface area contributed by atoms with E-state index in [2.05, 4.69) is 0 Å². The summed E-state index contributed by atoms with van der Waals surface area (Å²) < 4.78 is 26.5. The van der Waals surface area contributed by atoms with Crippen LogP contribution in [0.1, 0.15) is 74.6 Å². The van der Waals surface area contributed by atoms with Crippen molar-refractivity contribution >= 4 is 21.8 Å². The average Bonchev–Trinajstić information content (AvgIpc) is 2.91. The first-order valence-electron chi connectivity index (χ1n) is 10.5. The lowest BCUT2D eigenvalue weighted by atomic mass is 9.88. The summed E-state index contributed by atoms with van der Waals surface area (Å²) in [5.74, 6) is -0.806. The number of rotatable bonds is 4. The zero-order valence-corrected chi connectivity index (χ0v) is 17.0. The van der Waals surface area contributed by atoms with E-state index in [4.69, 9.17) is 0 Å². The molecule has 0 saturated heterocycles. The molecule has 0 bridgehead atoms. The van der Waals surface area contributed by atoms with Gasteiger partial charge in [0.05, 0.1) is 5.56 Å². The third-order valence-electron chi connectivity index (χ3n) is 6.42. The van der Waals surface area contributed by atoms with Crippen molar-refractivity contribution in [1.82, 2.24) is 9.21 Å². The van der Waals surface area contributed by atoms with E-state index < -0.39 is 15.9 Å². The van der Waals surface area contributed by atoms with Crippen molar-refractivity contribution in [3.8, 4) is 0 Å². The smallest absolute Gasteiger partial charge is 0.269 e. The average molecular weight is 405 g/mol. The number of nitrogens with zero attached hydrogens (tertiary/aromatic N) is 2. The van der Waals surface area contributed by atoms with Crippen LogP contribution in [0.4, 0.5) is 0 Å². The Morgan fingerprint density at radius 2 is 1.46 bits per heavy atom. The highest BCUT2D eigenvalue weighted by Crippen LogP contribution is 2.33. The predicted molar refractivity (Wildman–Crippen MR) is 105 cm³/mol. The Balaban J connectivity index is 1.58. The molecule has 3 aliphatic rings. The van der Waals surface area contributed by atoms with E-state index in [1.54, 1.807) is 12.1 Å². The van der Waals surface area contributed by atoms with E-state index in [1.807, 2.05) is 4.90 Å². The zero-order chi connectivity index (χ0) is 19.7. The van der Waals surface area contributed by atoms with Gasteiger partial charge >= 0.3 is 0 Å². The summed E-state index contributed by atoms with van der Waals surface area (Å²) in [7, 11) is -3.95. The highest BCUT2D eigenvalue weighted by Gasteiger charge is 2.43.